The zero-order chi connectivity index (χ0) is 22.4. The van der Waals surface area contributed by atoms with E-state index in [4.69, 9.17) is 4.74 Å². The van der Waals surface area contributed by atoms with Gasteiger partial charge in [-0.15, -0.1) is 0 Å². The Hall–Kier alpha value is -3.26. The number of esters is 1. The molecule has 2 aliphatic heterocycles. The molecule has 3 atom stereocenters. The summed E-state index contributed by atoms with van der Waals surface area (Å²) in [7, 11) is 1.41. The van der Waals surface area contributed by atoms with E-state index in [1.807, 2.05) is 65.9 Å². The third kappa shape index (κ3) is 3.44. The molecule has 0 radical (unpaired) electrons. The first-order valence-electron chi connectivity index (χ1n) is 10.9. The molecule has 1 aromatic carbocycles. The molecule has 32 heavy (non-hydrogen) atoms. The fourth-order valence-electron chi connectivity index (χ4n) is 5.32. The van der Waals surface area contributed by atoms with Crippen LogP contribution in [0, 0.1) is 19.8 Å². The van der Waals surface area contributed by atoms with Gasteiger partial charge in [0.2, 0.25) is 5.91 Å². The highest BCUT2D eigenvalue weighted by Gasteiger charge is 2.50. The van der Waals surface area contributed by atoms with Crippen LogP contribution >= 0.6 is 0 Å². The number of aromatic nitrogens is 3. The van der Waals surface area contributed by atoms with Crippen molar-refractivity contribution in [3.63, 3.8) is 0 Å². The maximum Gasteiger partial charge on any atom is 0.311 e. The van der Waals surface area contributed by atoms with Gasteiger partial charge >= 0.3 is 5.97 Å². The van der Waals surface area contributed by atoms with Gasteiger partial charge in [-0.25, -0.2) is 9.50 Å². The van der Waals surface area contributed by atoms with E-state index in [-0.39, 0.29) is 29.9 Å². The third-order valence-corrected chi connectivity index (χ3v) is 6.61. The zero-order valence-electron chi connectivity index (χ0n) is 18.6. The van der Waals surface area contributed by atoms with Crippen LogP contribution in [0.5, 0.6) is 0 Å². The SMILES string of the molecule is COC(=O)[C@H]1C[C@H]2CN(Cc3cnn4c(C)cc(C)nc34)CC(=O)N2[C@H]1c1ccccc1. The van der Waals surface area contributed by atoms with Crippen LogP contribution in [-0.2, 0) is 20.9 Å². The number of nitrogens with zero attached hydrogens (tertiary/aromatic N) is 5. The minimum absolute atomic E-state index is 0.0381. The van der Waals surface area contributed by atoms with Crippen molar-refractivity contribution in [2.45, 2.75) is 38.9 Å². The highest BCUT2D eigenvalue weighted by molar-refractivity contribution is 5.83. The van der Waals surface area contributed by atoms with Crippen molar-refractivity contribution in [3.8, 4) is 0 Å². The monoisotopic (exact) mass is 433 g/mol. The Balaban J connectivity index is 1.42. The molecule has 0 aliphatic carbocycles. The molecule has 2 aromatic heterocycles. The fraction of sp³-hybridized carbons (Fsp3) is 0.417. The molecule has 8 nitrogen and oxygen atoms in total. The number of carbonyl (C=O) groups excluding carboxylic acids is 2. The highest BCUT2D eigenvalue weighted by atomic mass is 16.5. The van der Waals surface area contributed by atoms with Gasteiger partial charge in [-0.2, -0.15) is 5.10 Å². The number of carbonyl (C=O) groups is 2. The van der Waals surface area contributed by atoms with E-state index in [0.29, 0.717) is 26.1 Å². The molecule has 0 spiro atoms. The lowest BCUT2D eigenvalue weighted by atomic mass is 9.93. The van der Waals surface area contributed by atoms with E-state index < -0.39 is 0 Å². The van der Waals surface area contributed by atoms with Crippen LogP contribution in [0.25, 0.3) is 5.65 Å². The lowest BCUT2D eigenvalue weighted by Gasteiger charge is -2.40. The van der Waals surface area contributed by atoms with Gasteiger partial charge in [-0.05, 0) is 31.9 Å². The molecule has 2 aliphatic rings. The Morgan fingerprint density at radius 2 is 2.00 bits per heavy atom. The first-order valence-corrected chi connectivity index (χ1v) is 10.9. The van der Waals surface area contributed by atoms with Gasteiger partial charge in [0.1, 0.15) is 0 Å². The number of methoxy groups -OCH3 is 1. The zero-order valence-corrected chi connectivity index (χ0v) is 18.6. The minimum atomic E-state index is -0.361. The molecule has 4 heterocycles. The number of ether oxygens (including phenoxy) is 1. The van der Waals surface area contributed by atoms with Crippen LogP contribution in [-0.4, -0.2) is 62.5 Å². The van der Waals surface area contributed by atoms with Crippen LogP contribution < -0.4 is 0 Å². The highest BCUT2D eigenvalue weighted by Crippen LogP contribution is 2.43. The Kier molecular flexibility index (Phi) is 5.17. The van der Waals surface area contributed by atoms with Gasteiger partial charge in [0.15, 0.2) is 5.65 Å². The van der Waals surface area contributed by atoms with Gasteiger partial charge in [-0.3, -0.25) is 14.5 Å². The van der Waals surface area contributed by atoms with E-state index >= 15 is 0 Å². The van der Waals surface area contributed by atoms with Crippen LogP contribution in [0.15, 0.2) is 42.6 Å². The average molecular weight is 434 g/mol. The molecule has 8 heteroatoms. The number of piperazine rings is 1. The summed E-state index contributed by atoms with van der Waals surface area (Å²) in [6, 6.07) is 11.5. The largest absolute Gasteiger partial charge is 0.469 e. The van der Waals surface area contributed by atoms with E-state index in [0.717, 1.165) is 28.2 Å². The van der Waals surface area contributed by atoms with Crippen molar-refractivity contribution in [2.75, 3.05) is 20.2 Å². The summed E-state index contributed by atoms with van der Waals surface area (Å²) in [5.74, 6) is -0.580. The average Bonchev–Trinajstić information content (AvgIpc) is 3.36. The Labute approximate surface area is 186 Å². The summed E-state index contributed by atoms with van der Waals surface area (Å²) >= 11 is 0. The second-order valence-electron chi connectivity index (χ2n) is 8.79. The predicted molar refractivity (Wildman–Crippen MR) is 118 cm³/mol. The van der Waals surface area contributed by atoms with Gasteiger partial charge in [-0.1, -0.05) is 30.3 Å². The lowest BCUT2D eigenvalue weighted by molar-refractivity contribution is -0.147. The molecule has 166 valence electrons. The number of fused-ring (bicyclic) bond motifs is 2. The van der Waals surface area contributed by atoms with Crippen LogP contribution in [0.1, 0.15) is 35.0 Å². The minimum Gasteiger partial charge on any atom is -0.469 e. The van der Waals surface area contributed by atoms with Crippen LogP contribution in [0.3, 0.4) is 0 Å². The maximum absolute atomic E-state index is 13.3. The number of benzene rings is 1. The van der Waals surface area contributed by atoms with Crippen LogP contribution in [0.4, 0.5) is 0 Å². The predicted octanol–water partition coefficient (Wildman–Crippen LogP) is 2.29. The maximum atomic E-state index is 13.3. The summed E-state index contributed by atoms with van der Waals surface area (Å²) in [4.78, 5) is 34.6. The number of hydrogen-bond donors (Lipinski definition) is 0. The summed E-state index contributed by atoms with van der Waals surface area (Å²) in [5, 5.41) is 4.48. The lowest BCUT2D eigenvalue weighted by Crippen LogP contribution is -2.53. The number of hydrogen-bond acceptors (Lipinski definition) is 6. The van der Waals surface area contributed by atoms with E-state index in [1.54, 1.807) is 0 Å². The Morgan fingerprint density at radius 1 is 1.22 bits per heavy atom. The second kappa shape index (κ2) is 8.02. The summed E-state index contributed by atoms with van der Waals surface area (Å²) in [6.07, 6.45) is 2.43. The third-order valence-electron chi connectivity index (χ3n) is 6.61. The topological polar surface area (TPSA) is 80.0 Å². The summed E-state index contributed by atoms with van der Waals surface area (Å²) in [5.41, 5.74) is 4.78. The molecule has 2 fully saturated rings. The van der Waals surface area contributed by atoms with Crippen LogP contribution in [0.2, 0.25) is 0 Å². The summed E-state index contributed by atoms with van der Waals surface area (Å²) in [6.45, 7) is 5.58. The van der Waals surface area contributed by atoms with Crippen molar-refractivity contribution in [3.05, 3.63) is 65.1 Å². The smallest absolute Gasteiger partial charge is 0.311 e. The first kappa shape index (κ1) is 20.6. The van der Waals surface area contributed by atoms with Gasteiger partial charge in [0, 0.05) is 36.1 Å². The molecule has 1 amide bonds. The van der Waals surface area contributed by atoms with Crippen molar-refractivity contribution < 1.29 is 14.3 Å². The number of aryl methyl sites for hydroxylation is 2. The molecule has 2 saturated heterocycles. The van der Waals surface area contributed by atoms with E-state index in [1.165, 1.54) is 7.11 Å². The normalized spacial score (nSPS) is 23.5. The van der Waals surface area contributed by atoms with Crippen molar-refractivity contribution in [2.24, 2.45) is 5.92 Å². The van der Waals surface area contributed by atoms with Gasteiger partial charge in [0.05, 0.1) is 31.8 Å². The standard InChI is InChI=1S/C24H27N5O3/c1-15-9-16(2)29-23(26-15)18(11-25-29)12-27-13-19-10-20(24(31)32-3)22(28(19)21(30)14-27)17-7-5-4-6-8-17/h4-9,11,19-20,22H,10,12-14H2,1-3H3/t19-,20-,22-/m0/s1. The Morgan fingerprint density at radius 3 is 2.75 bits per heavy atom. The molecule has 0 saturated carbocycles. The quantitative estimate of drug-likeness (QED) is 0.588. The molecule has 0 unspecified atom stereocenters. The van der Waals surface area contributed by atoms with Crippen molar-refractivity contribution in [1.29, 1.82) is 0 Å². The molecular weight excluding hydrogens is 406 g/mol. The fourth-order valence-corrected chi connectivity index (χ4v) is 5.32. The van der Waals surface area contributed by atoms with E-state index in [9.17, 15) is 9.59 Å². The molecule has 0 bridgehead atoms. The van der Waals surface area contributed by atoms with Crippen molar-refractivity contribution in [1.82, 2.24) is 24.4 Å². The molecule has 5 rings (SSSR count). The van der Waals surface area contributed by atoms with E-state index in [2.05, 4.69) is 15.0 Å². The molecular formula is C24H27N5O3. The number of amides is 1. The first-order chi connectivity index (χ1) is 15.5. The van der Waals surface area contributed by atoms with Gasteiger partial charge < -0.3 is 9.64 Å². The Bertz CT molecular complexity index is 1180. The summed E-state index contributed by atoms with van der Waals surface area (Å²) < 4.78 is 6.94. The van der Waals surface area contributed by atoms with Gasteiger partial charge in [0.25, 0.3) is 0 Å². The molecule has 3 aromatic rings. The number of rotatable bonds is 4. The second-order valence-corrected chi connectivity index (χ2v) is 8.79. The molecule has 0 N–H and O–H groups in total. The van der Waals surface area contributed by atoms with Crippen molar-refractivity contribution >= 4 is 17.5 Å².